The molecule has 1 fully saturated rings. The first-order valence-corrected chi connectivity index (χ1v) is 10.1. The fourth-order valence-corrected chi connectivity index (χ4v) is 4.84. The van der Waals surface area contributed by atoms with E-state index in [9.17, 15) is 9.59 Å². The highest BCUT2D eigenvalue weighted by atomic mass is 32.1. The van der Waals surface area contributed by atoms with Gasteiger partial charge in [0, 0.05) is 24.4 Å². The van der Waals surface area contributed by atoms with Crippen LogP contribution in [0.25, 0.3) is 15.7 Å². The van der Waals surface area contributed by atoms with E-state index in [2.05, 4.69) is 25.0 Å². The van der Waals surface area contributed by atoms with Crippen molar-refractivity contribution in [1.29, 1.82) is 0 Å². The summed E-state index contributed by atoms with van der Waals surface area (Å²) in [5.74, 6) is 1.32. The van der Waals surface area contributed by atoms with Gasteiger partial charge in [0.15, 0.2) is 0 Å². The summed E-state index contributed by atoms with van der Waals surface area (Å²) in [7, 11) is 0. The Bertz CT molecular complexity index is 1050. The maximum Gasteiger partial charge on any atom is 0.291 e. The Morgan fingerprint density at radius 2 is 2.15 bits per heavy atom. The molecule has 1 amide bonds. The normalized spacial score (nSPS) is 18.1. The summed E-state index contributed by atoms with van der Waals surface area (Å²) in [6, 6.07) is 4.03. The molecule has 1 saturated heterocycles. The maximum atomic E-state index is 12.9. The zero-order valence-corrected chi connectivity index (χ0v) is 16.3. The molecule has 0 unspecified atom stereocenters. The topological polar surface area (TPSA) is 59.6 Å². The molecule has 0 N–H and O–H groups in total. The molecule has 1 aliphatic rings. The SMILES string of the molecule is CCc1nn(CC(=O)N2CCC[C@H](C)C2)c(=O)c2cc3sc(C)cc3n12. The number of aryl methyl sites for hydroxylation is 2. The van der Waals surface area contributed by atoms with E-state index in [0.717, 1.165) is 42.0 Å². The molecule has 3 aromatic heterocycles. The number of fused-ring (bicyclic) bond motifs is 3. The molecule has 0 bridgehead atoms. The van der Waals surface area contributed by atoms with Crippen LogP contribution in [0, 0.1) is 12.8 Å². The zero-order valence-electron chi connectivity index (χ0n) is 15.5. The summed E-state index contributed by atoms with van der Waals surface area (Å²) in [6.45, 7) is 7.83. The van der Waals surface area contributed by atoms with Gasteiger partial charge in [0.2, 0.25) is 5.91 Å². The van der Waals surface area contributed by atoms with Gasteiger partial charge in [-0.1, -0.05) is 13.8 Å². The molecule has 6 nitrogen and oxygen atoms in total. The number of carbonyl (C=O) groups is 1. The lowest BCUT2D eigenvalue weighted by atomic mass is 10.0. The first-order chi connectivity index (χ1) is 12.5. The smallest absolute Gasteiger partial charge is 0.291 e. The van der Waals surface area contributed by atoms with Gasteiger partial charge < -0.3 is 4.90 Å². The number of carbonyl (C=O) groups excluding carboxylic acids is 1. The minimum atomic E-state index is -0.193. The number of thiophene rings is 1. The Hall–Kier alpha value is -2.15. The Kier molecular flexibility index (Phi) is 4.34. The summed E-state index contributed by atoms with van der Waals surface area (Å²) < 4.78 is 4.39. The summed E-state index contributed by atoms with van der Waals surface area (Å²) in [5.41, 5.74) is 1.45. The second-order valence-electron chi connectivity index (χ2n) is 7.29. The molecule has 4 heterocycles. The molecule has 26 heavy (non-hydrogen) atoms. The first kappa shape index (κ1) is 17.3. The molecule has 0 aromatic carbocycles. The van der Waals surface area contributed by atoms with E-state index in [1.165, 1.54) is 9.56 Å². The van der Waals surface area contributed by atoms with Crippen LogP contribution in [0.15, 0.2) is 16.9 Å². The number of rotatable bonds is 3. The number of piperidine rings is 1. The van der Waals surface area contributed by atoms with Crippen molar-refractivity contribution in [3.8, 4) is 0 Å². The lowest BCUT2D eigenvalue weighted by Gasteiger charge is -2.31. The Labute approximate surface area is 156 Å². The van der Waals surface area contributed by atoms with Gasteiger partial charge in [-0.05, 0) is 37.8 Å². The molecule has 0 saturated carbocycles. The summed E-state index contributed by atoms with van der Waals surface area (Å²) in [6.07, 6.45) is 2.89. The summed E-state index contributed by atoms with van der Waals surface area (Å²) >= 11 is 1.68. The van der Waals surface area contributed by atoms with E-state index in [-0.39, 0.29) is 18.0 Å². The van der Waals surface area contributed by atoms with E-state index in [4.69, 9.17) is 0 Å². The van der Waals surface area contributed by atoms with Gasteiger partial charge in [-0.3, -0.25) is 14.0 Å². The van der Waals surface area contributed by atoms with Gasteiger partial charge in [-0.25, -0.2) is 4.68 Å². The number of amides is 1. The zero-order chi connectivity index (χ0) is 18.4. The van der Waals surface area contributed by atoms with Crippen LogP contribution in [0.5, 0.6) is 0 Å². The number of likely N-dealkylation sites (tertiary alicyclic amines) is 1. The fourth-order valence-electron chi connectivity index (χ4n) is 3.89. The van der Waals surface area contributed by atoms with Crippen LogP contribution in [0.4, 0.5) is 0 Å². The molecular weight excluding hydrogens is 348 g/mol. The van der Waals surface area contributed by atoms with Crippen molar-refractivity contribution in [3.05, 3.63) is 33.2 Å². The molecule has 0 radical (unpaired) electrons. The molecule has 4 rings (SSSR count). The third kappa shape index (κ3) is 2.84. The van der Waals surface area contributed by atoms with E-state index in [1.807, 2.05) is 22.3 Å². The Balaban J connectivity index is 1.75. The molecule has 1 aliphatic heterocycles. The molecule has 7 heteroatoms. The van der Waals surface area contributed by atoms with Crippen LogP contribution in [0.1, 0.15) is 37.4 Å². The number of aromatic nitrogens is 3. The van der Waals surface area contributed by atoms with Crippen molar-refractivity contribution in [3.63, 3.8) is 0 Å². The molecule has 138 valence electrons. The lowest BCUT2D eigenvalue weighted by molar-refractivity contribution is -0.133. The molecular formula is C19H24N4O2S. The van der Waals surface area contributed by atoms with Gasteiger partial charge in [0.25, 0.3) is 5.56 Å². The highest BCUT2D eigenvalue weighted by Crippen LogP contribution is 2.28. The number of hydrogen-bond donors (Lipinski definition) is 0. The quantitative estimate of drug-likeness (QED) is 0.710. The molecule has 1 atom stereocenters. The van der Waals surface area contributed by atoms with Gasteiger partial charge in [-0.2, -0.15) is 5.10 Å². The summed E-state index contributed by atoms with van der Waals surface area (Å²) in [5, 5.41) is 4.53. The minimum Gasteiger partial charge on any atom is -0.341 e. The number of nitrogens with zero attached hydrogens (tertiary/aromatic N) is 4. The standard InChI is InChI=1S/C19H24N4O2S/c1-4-17-20-22(11-18(24)21-7-5-6-12(2)10-21)19(25)15-9-16-14(23(15)17)8-13(3)26-16/h8-9,12H,4-7,10-11H2,1-3H3/t12-/m0/s1. The average molecular weight is 372 g/mol. The van der Waals surface area contributed by atoms with Crippen LogP contribution in [0.2, 0.25) is 0 Å². The van der Waals surface area contributed by atoms with Gasteiger partial charge in [0.05, 0.1) is 10.2 Å². The molecule has 0 aliphatic carbocycles. The van der Waals surface area contributed by atoms with Crippen molar-refractivity contribution in [2.24, 2.45) is 5.92 Å². The third-order valence-electron chi connectivity index (χ3n) is 5.17. The lowest BCUT2D eigenvalue weighted by Crippen LogP contribution is -2.43. The first-order valence-electron chi connectivity index (χ1n) is 9.27. The monoisotopic (exact) mass is 372 g/mol. The fraction of sp³-hybridized carbons (Fsp3) is 0.526. The van der Waals surface area contributed by atoms with E-state index < -0.39 is 0 Å². The highest BCUT2D eigenvalue weighted by molar-refractivity contribution is 7.19. The van der Waals surface area contributed by atoms with Crippen LogP contribution in [0.3, 0.4) is 0 Å². The van der Waals surface area contributed by atoms with Crippen LogP contribution in [-0.4, -0.2) is 38.1 Å². The van der Waals surface area contributed by atoms with Crippen LogP contribution >= 0.6 is 11.3 Å². The van der Waals surface area contributed by atoms with Crippen molar-refractivity contribution in [2.75, 3.05) is 13.1 Å². The number of hydrogen-bond acceptors (Lipinski definition) is 4. The van der Waals surface area contributed by atoms with Crippen molar-refractivity contribution in [1.82, 2.24) is 19.1 Å². The van der Waals surface area contributed by atoms with E-state index in [0.29, 0.717) is 17.9 Å². The third-order valence-corrected chi connectivity index (χ3v) is 6.16. The van der Waals surface area contributed by atoms with Gasteiger partial charge >= 0.3 is 0 Å². The van der Waals surface area contributed by atoms with Crippen molar-refractivity contribution < 1.29 is 4.79 Å². The Morgan fingerprint density at radius 3 is 2.88 bits per heavy atom. The van der Waals surface area contributed by atoms with Gasteiger partial charge in [-0.15, -0.1) is 11.3 Å². The van der Waals surface area contributed by atoms with Crippen molar-refractivity contribution >= 4 is 33.0 Å². The van der Waals surface area contributed by atoms with Gasteiger partial charge in [0.1, 0.15) is 17.9 Å². The average Bonchev–Trinajstić information content (AvgIpc) is 3.13. The summed E-state index contributed by atoms with van der Waals surface area (Å²) in [4.78, 5) is 28.7. The maximum absolute atomic E-state index is 12.9. The Morgan fingerprint density at radius 1 is 1.35 bits per heavy atom. The minimum absolute atomic E-state index is 0.0123. The second kappa shape index (κ2) is 6.54. The van der Waals surface area contributed by atoms with Crippen LogP contribution < -0.4 is 5.56 Å². The highest BCUT2D eigenvalue weighted by Gasteiger charge is 2.23. The largest absolute Gasteiger partial charge is 0.341 e. The molecule has 3 aromatic rings. The van der Waals surface area contributed by atoms with Crippen molar-refractivity contribution in [2.45, 2.75) is 46.6 Å². The van der Waals surface area contributed by atoms with E-state index in [1.54, 1.807) is 11.3 Å². The predicted octanol–water partition coefficient (Wildman–Crippen LogP) is 2.84. The predicted molar refractivity (Wildman–Crippen MR) is 104 cm³/mol. The second-order valence-corrected chi connectivity index (χ2v) is 8.58. The molecule has 0 spiro atoms. The van der Waals surface area contributed by atoms with Crippen LogP contribution in [-0.2, 0) is 17.8 Å². The van der Waals surface area contributed by atoms with E-state index >= 15 is 0 Å².